The molecule has 1 N–H and O–H groups in total. The lowest BCUT2D eigenvalue weighted by molar-refractivity contribution is 0.0936. The molecule has 3 aromatic carbocycles. The van der Waals surface area contributed by atoms with Crippen molar-refractivity contribution in [3.05, 3.63) is 95.3 Å². The van der Waals surface area contributed by atoms with Crippen LogP contribution < -0.4 is 10.1 Å². The maximum Gasteiger partial charge on any atom is 0.252 e. The summed E-state index contributed by atoms with van der Waals surface area (Å²) in [5.41, 5.74) is 3.56. The van der Waals surface area contributed by atoms with Crippen LogP contribution in [-0.2, 0) is 5.75 Å². The molecule has 0 saturated heterocycles. The molecule has 0 radical (unpaired) electrons. The van der Waals surface area contributed by atoms with Crippen LogP contribution in [0.4, 0.5) is 0 Å². The molecule has 1 unspecified atom stereocenters. The lowest BCUT2D eigenvalue weighted by atomic mass is 10.0. The van der Waals surface area contributed by atoms with Gasteiger partial charge in [-0.15, -0.1) is 16.9 Å². The first-order chi connectivity index (χ1) is 16.1. The number of nitrogens with zero attached hydrogens (tertiary/aromatic N) is 4. The van der Waals surface area contributed by atoms with Crippen LogP contribution in [0.25, 0.3) is 5.69 Å². The van der Waals surface area contributed by atoms with E-state index in [4.69, 9.17) is 4.74 Å². The number of aromatic nitrogens is 4. The maximum atomic E-state index is 13.2. The van der Waals surface area contributed by atoms with Gasteiger partial charge >= 0.3 is 0 Å². The van der Waals surface area contributed by atoms with E-state index in [0.29, 0.717) is 17.1 Å². The minimum Gasteiger partial charge on any atom is -0.496 e. The Bertz CT molecular complexity index is 1240. The summed E-state index contributed by atoms with van der Waals surface area (Å²) in [7, 11) is 1.64. The molecule has 1 heterocycles. The van der Waals surface area contributed by atoms with Gasteiger partial charge in [0.15, 0.2) is 5.82 Å². The molecule has 7 nitrogen and oxygen atoms in total. The summed E-state index contributed by atoms with van der Waals surface area (Å²) in [4.78, 5) is 14.0. The van der Waals surface area contributed by atoms with Crippen LogP contribution in [0, 0.1) is 6.92 Å². The number of amides is 1. The van der Waals surface area contributed by atoms with Gasteiger partial charge in [-0.25, -0.2) is 0 Å². The summed E-state index contributed by atoms with van der Waals surface area (Å²) in [6, 6.07) is 23.0. The summed E-state index contributed by atoms with van der Waals surface area (Å²) in [5, 5.41) is 15.2. The predicted molar refractivity (Wildman–Crippen MR) is 129 cm³/mol. The van der Waals surface area contributed by atoms with Gasteiger partial charge < -0.3 is 10.1 Å². The van der Waals surface area contributed by atoms with Gasteiger partial charge in [-0.05, 0) is 54.6 Å². The molecule has 0 fully saturated rings. The summed E-state index contributed by atoms with van der Waals surface area (Å²) in [6.45, 7) is 3.98. The number of hydrogen-bond donors (Lipinski definition) is 1. The van der Waals surface area contributed by atoms with E-state index in [1.165, 1.54) is 11.8 Å². The Morgan fingerprint density at radius 1 is 1.09 bits per heavy atom. The summed E-state index contributed by atoms with van der Waals surface area (Å²) >= 11 is 1.53. The van der Waals surface area contributed by atoms with Gasteiger partial charge in [0.1, 0.15) is 5.75 Å². The Morgan fingerprint density at radius 3 is 2.64 bits per heavy atom. The van der Waals surface area contributed by atoms with Crippen LogP contribution in [0.5, 0.6) is 5.75 Å². The van der Waals surface area contributed by atoms with Gasteiger partial charge in [-0.2, -0.15) is 4.68 Å². The molecule has 0 aliphatic carbocycles. The van der Waals surface area contributed by atoms with Gasteiger partial charge in [0.05, 0.1) is 30.2 Å². The minimum absolute atomic E-state index is 0.142. The van der Waals surface area contributed by atoms with Crippen LogP contribution in [-0.4, -0.2) is 33.2 Å². The molecule has 1 aromatic heterocycles. The zero-order valence-corrected chi connectivity index (χ0v) is 19.5. The first kappa shape index (κ1) is 22.5. The molecule has 1 amide bonds. The van der Waals surface area contributed by atoms with Crippen molar-refractivity contribution in [2.45, 2.75) is 30.5 Å². The largest absolute Gasteiger partial charge is 0.496 e. The smallest absolute Gasteiger partial charge is 0.252 e. The van der Waals surface area contributed by atoms with E-state index >= 15 is 0 Å². The number of carbonyl (C=O) groups is 1. The molecule has 1 atom stereocenters. The molecule has 0 aliphatic heterocycles. The van der Waals surface area contributed by atoms with Crippen molar-refractivity contribution in [3.63, 3.8) is 0 Å². The molecular weight excluding hydrogens is 434 g/mol. The predicted octanol–water partition coefficient (Wildman–Crippen LogP) is 4.76. The molecule has 0 aliphatic rings. The van der Waals surface area contributed by atoms with Gasteiger partial charge in [-0.1, -0.05) is 48.0 Å². The second-order valence-electron chi connectivity index (χ2n) is 7.57. The van der Waals surface area contributed by atoms with Crippen molar-refractivity contribution in [1.82, 2.24) is 25.5 Å². The lowest BCUT2D eigenvalue weighted by Gasteiger charge is -2.19. The van der Waals surface area contributed by atoms with Gasteiger partial charge in [-0.3, -0.25) is 4.79 Å². The number of methoxy groups -OCH3 is 1. The zero-order valence-electron chi connectivity index (χ0n) is 18.7. The Balaban J connectivity index is 1.50. The lowest BCUT2D eigenvalue weighted by Crippen LogP contribution is -2.27. The van der Waals surface area contributed by atoms with Crippen molar-refractivity contribution in [1.29, 1.82) is 0 Å². The van der Waals surface area contributed by atoms with Crippen molar-refractivity contribution in [2.75, 3.05) is 7.11 Å². The topological polar surface area (TPSA) is 81.9 Å². The number of rotatable bonds is 8. The highest BCUT2D eigenvalue weighted by Gasteiger charge is 2.18. The van der Waals surface area contributed by atoms with Crippen LogP contribution in [0.1, 0.15) is 40.3 Å². The van der Waals surface area contributed by atoms with Crippen molar-refractivity contribution in [2.24, 2.45) is 0 Å². The maximum absolute atomic E-state index is 13.2. The number of hydrogen-bond acceptors (Lipinski definition) is 6. The number of carbonyl (C=O) groups excluding carboxylic acids is 1. The fraction of sp³-hybridized carbons (Fsp3) is 0.200. The minimum atomic E-state index is -0.212. The number of nitrogens with one attached hydrogen (secondary N) is 1. The van der Waals surface area contributed by atoms with Crippen molar-refractivity contribution in [3.8, 4) is 11.4 Å². The highest BCUT2D eigenvalue weighted by molar-refractivity contribution is 7.98. The van der Waals surface area contributed by atoms with E-state index in [-0.39, 0.29) is 11.9 Å². The van der Waals surface area contributed by atoms with E-state index in [2.05, 4.69) is 20.8 Å². The number of ether oxygens (including phenoxy) is 1. The quantitative estimate of drug-likeness (QED) is 0.383. The molecule has 168 valence electrons. The molecule has 0 bridgehead atoms. The summed E-state index contributed by atoms with van der Waals surface area (Å²) in [5.74, 6) is 1.84. The molecule has 4 rings (SSSR count). The fourth-order valence-corrected chi connectivity index (χ4v) is 4.49. The van der Waals surface area contributed by atoms with Gasteiger partial charge in [0.2, 0.25) is 0 Å². The second-order valence-corrected chi connectivity index (χ2v) is 8.59. The Hall–Kier alpha value is -3.65. The van der Waals surface area contributed by atoms with E-state index < -0.39 is 0 Å². The monoisotopic (exact) mass is 459 g/mol. The average Bonchev–Trinajstić information content (AvgIpc) is 3.32. The molecular formula is C25H25N5O2S. The SMILES string of the molecule is COc1ccc(C)cc1C(C)NC(=O)c1ccccc1SCc1nnnn1-c1ccccc1. The van der Waals surface area contributed by atoms with Crippen molar-refractivity contribution < 1.29 is 9.53 Å². The van der Waals surface area contributed by atoms with Crippen LogP contribution >= 0.6 is 11.8 Å². The van der Waals surface area contributed by atoms with E-state index in [1.807, 2.05) is 86.6 Å². The van der Waals surface area contributed by atoms with Gasteiger partial charge in [0.25, 0.3) is 5.91 Å². The average molecular weight is 460 g/mol. The fourth-order valence-electron chi connectivity index (χ4n) is 3.53. The van der Waals surface area contributed by atoms with Crippen molar-refractivity contribution >= 4 is 17.7 Å². The molecule has 33 heavy (non-hydrogen) atoms. The van der Waals surface area contributed by atoms with Crippen LogP contribution in [0.2, 0.25) is 0 Å². The highest BCUT2D eigenvalue weighted by atomic mass is 32.2. The number of benzene rings is 3. The third-order valence-electron chi connectivity index (χ3n) is 5.22. The Kier molecular flexibility index (Phi) is 7.04. The highest BCUT2D eigenvalue weighted by Crippen LogP contribution is 2.29. The molecule has 4 aromatic rings. The molecule has 0 spiro atoms. The van der Waals surface area contributed by atoms with E-state index in [1.54, 1.807) is 11.8 Å². The number of thioether (sulfide) groups is 1. The molecule has 8 heteroatoms. The Labute approximate surface area is 197 Å². The second kappa shape index (κ2) is 10.3. The molecule has 0 saturated carbocycles. The van der Waals surface area contributed by atoms with E-state index in [9.17, 15) is 4.79 Å². The third-order valence-corrected chi connectivity index (χ3v) is 6.29. The van der Waals surface area contributed by atoms with Crippen LogP contribution in [0.15, 0.2) is 77.7 Å². The number of tetrazole rings is 1. The first-order valence-electron chi connectivity index (χ1n) is 10.6. The number of para-hydroxylation sites is 1. The normalized spacial score (nSPS) is 11.7. The first-order valence-corrected chi connectivity index (χ1v) is 11.6. The standard InChI is InChI=1S/C25H25N5O2S/c1-17-13-14-22(32-3)21(15-17)18(2)26-25(31)20-11-7-8-12-23(20)33-16-24-27-28-29-30(24)19-9-5-4-6-10-19/h4-15,18H,16H2,1-3H3,(H,26,31). The van der Waals surface area contributed by atoms with Gasteiger partial charge in [0, 0.05) is 10.5 Å². The van der Waals surface area contributed by atoms with E-state index in [0.717, 1.165) is 27.5 Å². The summed E-state index contributed by atoms with van der Waals surface area (Å²) in [6.07, 6.45) is 0. The van der Waals surface area contributed by atoms with Crippen LogP contribution in [0.3, 0.4) is 0 Å². The Morgan fingerprint density at radius 2 is 1.85 bits per heavy atom. The third kappa shape index (κ3) is 5.23. The number of aryl methyl sites for hydroxylation is 1. The summed E-state index contributed by atoms with van der Waals surface area (Å²) < 4.78 is 7.19. The zero-order chi connectivity index (χ0) is 23.2.